The average molecular weight is 495 g/mol. The molecule has 184 valence electrons. The second-order valence-electron chi connectivity index (χ2n) is 8.59. The number of benzene rings is 2. The number of hydrogen-bond acceptors (Lipinski definition) is 7. The lowest BCUT2D eigenvalue weighted by Gasteiger charge is -2.16. The quantitative estimate of drug-likeness (QED) is 0.211. The van der Waals surface area contributed by atoms with Crippen molar-refractivity contribution in [3.8, 4) is 0 Å². The highest BCUT2D eigenvalue weighted by Gasteiger charge is 2.12. The van der Waals surface area contributed by atoms with E-state index in [1.807, 2.05) is 12.1 Å². The van der Waals surface area contributed by atoms with Gasteiger partial charge in [0.1, 0.15) is 0 Å². The van der Waals surface area contributed by atoms with E-state index in [-0.39, 0.29) is 0 Å². The van der Waals surface area contributed by atoms with E-state index >= 15 is 0 Å². The molecule has 4 unspecified atom stereocenters. The standard InChI is InChI=1S/C26H38O5S2/c1-19(13-15-29-21(3)27)17-23-9-5-7-11-25(23)32-31-33-26-12-8-6-10-24(26)18-20(2)14-16-30-22(4)28/h5-12,19-22,27-28H,13-18H2,1-4H3. The Hall–Kier alpha value is -1.06. The minimum Gasteiger partial charge on any atom is -0.368 e. The largest absolute Gasteiger partial charge is 0.368 e. The SMILES string of the molecule is CC(CCOC(C)O)Cc1ccccc1SOSc1ccccc1CC(C)CCOC(C)O. The van der Waals surface area contributed by atoms with Gasteiger partial charge in [0.05, 0.1) is 0 Å². The van der Waals surface area contributed by atoms with Crippen molar-refractivity contribution in [2.75, 3.05) is 13.2 Å². The van der Waals surface area contributed by atoms with Crippen LogP contribution in [0.15, 0.2) is 58.3 Å². The fraction of sp³-hybridized carbons (Fsp3) is 0.538. The van der Waals surface area contributed by atoms with Crippen LogP contribution in [-0.2, 0) is 25.9 Å². The molecule has 0 amide bonds. The van der Waals surface area contributed by atoms with E-state index < -0.39 is 12.6 Å². The van der Waals surface area contributed by atoms with E-state index in [4.69, 9.17) is 13.1 Å². The van der Waals surface area contributed by atoms with Gasteiger partial charge >= 0.3 is 0 Å². The molecule has 0 aliphatic rings. The van der Waals surface area contributed by atoms with Crippen molar-refractivity contribution in [1.82, 2.24) is 0 Å². The highest BCUT2D eigenvalue weighted by atomic mass is 32.2. The molecule has 0 aliphatic heterocycles. The van der Waals surface area contributed by atoms with Crippen LogP contribution in [0, 0.1) is 11.8 Å². The number of aliphatic hydroxyl groups is 2. The van der Waals surface area contributed by atoms with E-state index in [0.29, 0.717) is 25.0 Å². The number of aliphatic hydroxyl groups excluding tert-OH is 2. The second kappa shape index (κ2) is 15.8. The molecule has 33 heavy (non-hydrogen) atoms. The van der Waals surface area contributed by atoms with Crippen molar-refractivity contribution in [2.45, 2.75) is 75.7 Å². The minimum absolute atomic E-state index is 0.443. The smallest absolute Gasteiger partial charge is 0.151 e. The van der Waals surface area contributed by atoms with Gasteiger partial charge in [0.15, 0.2) is 12.6 Å². The fourth-order valence-corrected chi connectivity index (χ4v) is 4.94. The maximum absolute atomic E-state index is 9.26. The van der Waals surface area contributed by atoms with Crippen molar-refractivity contribution in [1.29, 1.82) is 0 Å². The summed E-state index contributed by atoms with van der Waals surface area (Å²) >= 11 is 2.80. The second-order valence-corrected chi connectivity index (χ2v) is 10.3. The molecule has 0 radical (unpaired) electrons. The Labute approximate surface area is 207 Å². The first kappa shape index (κ1) is 28.2. The third-order valence-electron chi connectivity index (χ3n) is 5.27. The van der Waals surface area contributed by atoms with Crippen molar-refractivity contribution in [2.24, 2.45) is 11.8 Å². The lowest BCUT2D eigenvalue weighted by Crippen LogP contribution is -2.11. The van der Waals surface area contributed by atoms with Crippen LogP contribution in [0.25, 0.3) is 0 Å². The molecule has 7 heteroatoms. The highest BCUT2D eigenvalue weighted by molar-refractivity contribution is 8.08. The van der Waals surface area contributed by atoms with E-state index in [1.54, 1.807) is 13.8 Å². The van der Waals surface area contributed by atoms with E-state index in [9.17, 15) is 10.2 Å². The van der Waals surface area contributed by atoms with E-state index in [1.165, 1.54) is 35.2 Å². The van der Waals surface area contributed by atoms with Crippen LogP contribution >= 0.6 is 24.1 Å². The van der Waals surface area contributed by atoms with Gasteiger partial charge in [0.25, 0.3) is 0 Å². The van der Waals surface area contributed by atoms with Gasteiger partial charge in [-0.3, -0.25) is 0 Å². The summed E-state index contributed by atoms with van der Waals surface area (Å²) in [7, 11) is 0. The summed E-state index contributed by atoms with van der Waals surface area (Å²) < 4.78 is 16.5. The zero-order valence-corrected chi connectivity index (χ0v) is 21.7. The molecular weight excluding hydrogens is 456 g/mol. The van der Waals surface area contributed by atoms with Gasteiger partial charge in [-0.2, -0.15) is 0 Å². The van der Waals surface area contributed by atoms with Gasteiger partial charge < -0.3 is 19.7 Å². The van der Waals surface area contributed by atoms with Crippen LogP contribution < -0.4 is 0 Å². The monoisotopic (exact) mass is 494 g/mol. The zero-order chi connectivity index (χ0) is 24.1. The molecular formula is C26H38O5S2. The molecule has 0 aliphatic carbocycles. The molecule has 0 saturated carbocycles. The summed E-state index contributed by atoms with van der Waals surface area (Å²) in [4.78, 5) is 2.24. The molecule has 0 fully saturated rings. The van der Waals surface area contributed by atoms with Gasteiger partial charge in [0, 0.05) is 47.1 Å². The Morgan fingerprint density at radius 2 is 1.06 bits per heavy atom. The number of ether oxygens (including phenoxy) is 2. The minimum atomic E-state index is -0.714. The summed E-state index contributed by atoms with van der Waals surface area (Å²) in [5, 5.41) is 18.5. The Bertz CT molecular complexity index is 734. The molecule has 2 rings (SSSR count). The summed E-state index contributed by atoms with van der Waals surface area (Å²) in [6, 6.07) is 16.7. The first-order valence-electron chi connectivity index (χ1n) is 11.6. The molecule has 0 aromatic heterocycles. The summed E-state index contributed by atoms with van der Waals surface area (Å²) in [5.74, 6) is 0.885. The molecule has 2 aromatic rings. The van der Waals surface area contributed by atoms with Crippen LogP contribution in [0.5, 0.6) is 0 Å². The highest BCUT2D eigenvalue weighted by Crippen LogP contribution is 2.35. The first-order chi connectivity index (χ1) is 15.8. The maximum atomic E-state index is 9.26. The third kappa shape index (κ3) is 11.8. The Kier molecular flexibility index (Phi) is 13.5. The normalized spacial score (nSPS) is 15.2. The Morgan fingerprint density at radius 3 is 1.45 bits per heavy atom. The van der Waals surface area contributed by atoms with Gasteiger partial charge in [0.2, 0.25) is 0 Å². The lowest BCUT2D eigenvalue weighted by atomic mass is 9.98. The van der Waals surface area contributed by atoms with Gasteiger partial charge in [-0.05, 0) is 74.6 Å². The Morgan fingerprint density at radius 1 is 0.667 bits per heavy atom. The van der Waals surface area contributed by atoms with Gasteiger partial charge in [-0.15, -0.1) is 0 Å². The molecule has 5 nitrogen and oxygen atoms in total. The Balaban J connectivity index is 1.87. The van der Waals surface area contributed by atoms with Crippen LogP contribution in [0.3, 0.4) is 0 Å². The van der Waals surface area contributed by atoms with E-state index in [0.717, 1.165) is 35.5 Å². The van der Waals surface area contributed by atoms with Gasteiger partial charge in [-0.25, -0.2) is 3.63 Å². The lowest BCUT2D eigenvalue weighted by molar-refractivity contribution is -0.0883. The van der Waals surface area contributed by atoms with E-state index in [2.05, 4.69) is 50.2 Å². The molecule has 2 aromatic carbocycles. The van der Waals surface area contributed by atoms with Crippen molar-refractivity contribution < 1.29 is 23.3 Å². The first-order valence-corrected chi connectivity index (χ1v) is 13.1. The van der Waals surface area contributed by atoms with Crippen LogP contribution in [0.1, 0.15) is 51.7 Å². The van der Waals surface area contributed by atoms with Crippen LogP contribution in [-0.4, -0.2) is 36.0 Å². The number of rotatable bonds is 16. The van der Waals surface area contributed by atoms with Crippen molar-refractivity contribution >= 4 is 24.1 Å². The van der Waals surface area contributed by atoms with Gasteiger partial charge in [-0.1, -0.05) is 50.2 Å². The summed E-state index contributed by atoms with van der Waals surface area (Å²) in [5.41, 5.74) is 2.51. The summed E-state index contributed by atoms with van der Waals surface area (Å²) in [6.45, 7) is 8.78. The molecule has 0 bridgehead atoms. The number of hydrogen-bond donors (Lipinski definition) is 2. The average Bonchev–Trinajstić information content (AvgIpc) is 2.75. The maximum Gasteiger partial charge on any atom is 0.151 e. The fourth-order valence-electron chi connectivity index (χ4n) is 3.43. The predicted molar refractivity (Wildman–Crippen MR) is 136 cm³/mol. The molecule has 0 spiro atoms. The van der Waals surface area contributed by atoms with Crippen LogP contribution in [0.4, 0.5) is 0 Å². The molecule has 0 heterocycles. The van der Waals surface area contributed by atoms with Crippen molar-refractivity contribution in [3.05, 3.63) is 59.7 Å². The topological polar surface area (TPSA) is 68.2 Å². The molecule has 2 N–H and O–H groups in total. The molecule has 0 saturated heterocycles. The van der Waals surface area contributed by atoms with Crippen molar-refractivity contribution in [3.63, 3.8) is 0 Å². The molecule has 4 atom stereocenters. The van der Waals surface area contributed by atoms with Crippen LogP contribution in [0.2, 0.25) is 0 Å². The summed E-state index contributed by atoms with van der Waals surface area (Å²) in [6.07, 6.45) is 2.23. The zero-order valence-electron chi connectivity index (χ0n) is 20.1. The predicted octanol–water partition coefficient (Wildman–Crippen LogP) is 6.26. The third-order valence-corrected chi connectivity index (χ3v) is 6.97.